The number of amides is 1. The molecule has 0 aromatic carbocycles. The maximum atomic E-state index is 11.5. The molecule has 0 saturated heterocycles. The van der Waals surface area contributed by atoms with E-state index in [-0.39, 0.29) is 7.33 Å². The van der Waals surface area contributed by atoms with Crippen LogP contribution >= 0.6 is 0 Å². The molecule has 0 aliphatic carbocycles. The number of carbonyl (C=O) groups is 1. The van der Waals surface area contributed by atoms with E-state index in [1.165, 1.54) is 70.6 Å². The summed E-state index contributed by atoms with van der Waals surface area (Å²) in [5.41, 5.74) is 0. The second-order valence-corrected chi connectivity index (χ2v) is 5.99. The predicted octanol–water partition coefficient (Wildman–Crippen LogP) is 6.88. The molecule has 0 spiro atoms. The van der Waals surface area contributed by atoms with Crippen LogP contribution in [0.25, 0.3) is 0 Å². The van der Waals surface area contributed by atoms with Gasteiger partial charge < -0.3 is 5.32 Å². The number of hydrogen-bond acceptors (Lipinski definition) is 1. The van der Waals surface area contributed by atoms with Crippen molar-refractivity contribution in [2.24, 2.45) is 0 Å². The summed E-state index contributed by atoms with van der Waals surface area (Å²) in [6.45, 7) is 9.32. The summed E-state index contributed by atoms with van der Waals surface area (Å²) in [5.74, 6) is 0.251. The Hall–Kier alpha value is -0.530. The maximum Gasteiger partial charge on any atom is 0.219 e. The van der Waals surface area contributed by atoms with Crippen molar-refractivity contribution in [2.75, 3.05) is 6.54 Å². The van der Waals surface area contributed by atoms with E-state index < -0.39 is 0 Å². The van der Waals surface area contributed by atoms with Crippen LogP contribution in [0.5, 0.6) is 0 Å². The van der Waals surface area contributed by atoms with E-state index in [2.05, 4.69) is 19.2 Å². The molecule has 0 aliphatic heterocycles. The molecule has 2 nitrogen and oxygen atoms in total. The van der Waals surface area contributed by atoms with Crippen molar-refractivity contribution in [3.63, 3.8) is 0 Å². The van der Waals surface area contributed by atoms with Gasteiger partial charge in [-0.05, 0) is 12.8 Å². The van der Waals surface area contributed by atoms with Crippen molar-refractivity contribution in [1.29, 1.82) is 0 Å². The molecular weight excluding hydrogens is 270 g/mol. The Labute approximate surface area is 142 Å². The third-order valence-corrected chi connectivity index (χ3v) is 3.86. The second-order valence-electron chi connectivity index (χ2n) is 5.99. The standard InChI is InChI=1S/C18H37NO.C2H6.H2/c1-3-5-7-8-9-10-11-12-13-14-16-18(20)19-17-15-6-4-2;1-2;/h3-17H2,1-2H3,(H,19,20);1-2H3;1H. The molecule has 1 N–H and O–H groups in total. The fourth-order valence-electron chi connectivity index (χ4n) is 2.46. The number of unbranched alkanes of at least 4 members (excludes halogenated alkanes) is 11. The molecule has 0 unspecified atom stereocenters. The first-order chi connectivity index (χ1) is 10.8. The summed E-state index contributed by atoms with van der Waals surface area (Å²) in [4.78, 5) is 11.5. The van der Waals surface area contributed by atoms with Crippen LogP contribution in [0.15, 0.2) is 0 Å². The van der Waals surface area contributed by atoms with E-state index in [9.17, 15) is 4.79 Å². The van der Waals surface area contributed by atoms with Crippen LogP contribution in [0.3, 0.4) is 0 Å². The summed E-state index contributed by atoms with van der Waals surface area (Å²) < 4.78 is 0. The van der Waals surface area contributed by atoms with Gasteiger partial charge in [-0.2, -0.15) is 0 Å². The van der Waals surface area contributed by atoms with Crippen molar-refractivity contribution in [3.8, 4) is 0 Å². The van der Waals surface area contributed by atoms with Crippen LogP contribution in [0, 0.1) is 0 Å². The maximum absolute atomic E-state index is 11.5. The fourth-order valence-corrected chi connectivity index (χ4v) is 2.46. The van der Waals surface area contributed by atoms with E-state index in [0.717, 1.165) is 25.8 Å². The monoisotopic (exact) mass is 315 g/mol. The minimum atomic E-state index is 0. The quantitative estimate of drug-likeness (QED) is 0.328. The van der Waals surface area contributed by atoms with E-state index >= 15 is 0 Å². The molecule has 22 heavy (non-hydrogen) atoms. The third kappa shape index (κ3) is 21.8. The molecule has 0 heterocycles. The van der Waals surface area contributed by atoms with Gasteiger partial charge in [0.2, 0.25) is 5.91 Å². The average Bonchev–Trinajstić information content (AvgIpc) is 2.55. The van der Waals surface area contributed by atoms with Crippen LogP contribution in [0.4, 0.5) is 0 Å². The molecule has 0 atom stereocenters. The zero-order chi connectivity index (χ0) is 16.9. The van der Waals surface area contributed by atoms with E-state index in [1.807, 2.05) is 13.8 Å². The Morgan fingerprint density at radius 2 is 1.09 bits per heavy atom. The highest BCUT2D eigenvalue weighted by Crippen LogP contribution is 2.11. The van der Waals surface area contributed by atoms with Gasteiger partial charge in [0.05, 0.1) is 0 Å². The summed E-state index contributed by atoms with van der Waals surface area (Å²) in [7, 11) is 0. The number of rotatable bonds is 15. The summed E-state index contributed by atoms with van der Waals surface area (Å²) in [6.07, 6.45) is 17.6. The van der Waals surface area contributed by atoms with Crippen LogP contribution < -0.4 is 5.32 Å². The van der Waals surface area contributed by atoms with Gasteiger partial charge in [-0.15, -0.1) is 0 Å². The Bertz CT molecular complexity index is 210. The number of carbonyl (C=O) groups excluding carboxylic acids is 1. The highest BCUT2D eigenvalue weighted by atomic mass is 16.1. The fraction of sp³-hybridized carbons (Fsp3) is 0.950. The highest BCUT2D eigenvalue weighted by molar-refractivity contribution is 5.75. The highest BCUT2D eigenvalue weighted by Gasteiger charge is 2.00. The molecule has 136 valence electrons. The minimum Gasteiger partial charge on any atom is -0.356 e. The Balaban J connectivity index is -0.00000128. The van der Waals surface area contributed by atoms with Crippen molar-refractivity contribution < 1.29 is 6.22 Å². The van der Waals surface area contributed by atoms with Crippen LogP contribution in [0.2, 0.25) is 0 Å². The molecule has 0 saturated carbocycles. The zero-order valence-corrected chi connectivity index (χ0v) is 16.0. The van der Waals surface area contributed by atoms with Gasteiger partial charge >= 0.3 is 0 Å². The van der Waals surface area contributed by atoms with Gasteiger partial charge in [0.1, 0.15) is 0 Å². The van der Waals surface area contributed by atoms with E-state index in [4.69, 9.17) is 0 Å². The van der Waals surface area contributed by atoms with Gasteiger partial charge in [-0.1, -0.05) is 98.3 Å². The predicted molar refractivity (Wildman–Crippen MR) is 102 cm³/mol. The SMILES string of the molecule is CC.CCCCCCCCCCCCC(=O)NCCCCC.[HH]. The molecule has 0 rings (SSSR count). The number of hydrogen-bond donors (Lipinski definition) is 1. The molecule has 0 fully saturated rings. The summed E-state index contributed by atoms with van der Waals surface area (Å²) in [5, 5.41) is 3.01. The lowest BCUT2D eigenvalue weighted by atomic mass is 10.1. The average molecular weight is 316 g/mol. The van der Waals surface area contributed by atoms with Crippen LogP contribution in [-0.4, -0.2) is 12.5 Å². The lowest BCUT2D eigenvalue weighted by Crippen LogP contribution is -2.23. The van der Waals surface area contributed by atoms with Crippen molar-refractivity contribution >= 4 is 5.91 Å². The number of nitrogens with one attached hydrogen (secondary N) is 1. The first kappa shape index (κ1) is 23.7. The largest absolute Gasteiger partial charge is 0.356 e. The van der Waals surface area contributed by atoms with E-state index in [0.29, 0.717) is 0 Å². The van der Waals surface area contributed by atoms with Crippen molar-refractivity contribution in [1.82, 2.24) is 5.32 Å². The smallest absolute Gasteiger partial charge is 0.219 e. The zero-order valence-electron chi connectivity index (χ0n) is 16.0. The molecule has 0 aromatic heterocycles. The Morgan fingerprint density at radius 1 is 0.682 bits per heavy atom. The second kappa shape index (κ2) is 22.7. The van der Waals surface area contributed by atoms with Crippen LogP contribution in [-0.2, 0) is 4.79 Å². The third-order valence-electron chi connectivity index (χ3n) is 3.86. The van der Waals surface area contributed by atoms with Gasteiger partial charge in [-0.3, -0.25) is 4.79 Å². The van der Waals surface area contributed by atoms with E-state index in [1.54, 1.807) is 0 Å². The lowest BCUT2D eigenvalue weighted by molar-refractivity contribution is -0.121. The molecule has 0 aliphatic rings. The van der Waals surface area contributed by atoms with Crippen molar-refractivity contribution in [2.45, 2.75) is 118 Å². The molecule has 2 heteroatoms. The molecule has 0 radical (unpaired) electrons. The first-order valence-electron chi connectivity index (χ1n) is 10.1. The minimum absolute atomic E-state index is 0. The van der Waals surface area contributed by atoms with Gasteiger partial charge in [0.15, 0.2) is 0 Å². The Kier molecular flexibility index (Phi) is 24.5. The molecular formula is C20H45NO. The summed E-state index contributed by atoms with van der Waals surface area (Å²) in [6, 6.07) is 0. The molecule has 0 bridgehead atoms. The topological polar surface area (TPSA) is 29.1 Å². The van der Waals surface area contributed by atoms with Gasteiger partial charge in [-0.25, -0.2) is 0 Å². The van der Waals surface area contributed by atoms with Crippen molar-refractivity contribution in [3.05, 3.63) is 0 Å². The van der Waals surface area contributed by atoms with Crippen LogP contribution in [0.1, 0.15) is 119 Å². The normalized spacial score (nSPS) is 10.0. The first-order valence-corrected chi connectivity index (χ1v) is 10.1. The summed E-state index contributed by atoms with van der Waals surface area (Å²) >= 11 is 0. The van der Waals surface area contributed by atoms with Gasteiger partial charge in [0, 0.05) is 14.4 Å². The lowest BCUT2D eigenvalue weighted by Gasteiger charge is -2.05. The molecule has 0 aromatic rings. The Morgan fingerprint density at radius 3 is 1.59 bits per heavy atom. The van der Waals surface area contributed by atoms with Gasteiger partial charge in [0.25, 0.3) is 0 Å². The molecule has 1 amide bonds.